The number of amides is 1. The maximum atomic E-state index is 12.1. The number of rotatable bonds is 4. The summed E-state index contributed by atoms with van der Waals surface area (Å²) in [5, 5.41) is 5.79. The number of thiazole rings is 1. The minimum atomic E-state index is -0.133. The predicted molar refractivity (Wildman–Crippen MR) is 74.5 cm³/mol. The molecule has 1 unspecified atom stereocenters. The first-order chi connectivity index (χ1) is 8.70. The van der Waals surface area contributed by atoms with Crippen molar-refractivity contribution >= 4 is 33.2 Å². The Morgan fingerprint density at radius 1 is 1.56 bits per heavy atom. The second-order valence-electron chi connectivity index (χ2n) is 3.70. The lowest BCUT2D eigenvalue weighted by atomic mass is 10.2. The number of hydrogen-bond acceptors (Lipinski definition) is 4. The van der Waals surface area contributed by atoms with Gasteiger partial charge in [0.1, 0.15) is 5.01 Å². The predicted octanol–water partition coefficient (Wildman–Crippen LogP) is 3.18. The SMILES string of the molecule is CCC(NC(=O)c1cncc(Br)c1)c1nccs1. The standard InChI is InChI=1S/C12H12BrN3OS/c1-2-10(12-15-3-4-18-12)16-11(17)8-5-9(13)7-14-6-8/h3-7,10H,2H2,1H3,(H,16,17). The van der Waals surface area contributed by atoms with Crippen LogP contribution in [0.4, 0.5) is 0 Å². The first kappa shape index (κ1) is 13.2. The quantitative estimate of drug-likeness (QED) is 0.939. The molecule has 0 aromatic carbocycles. The third kappa shape index (κ3) is 3.14. The molecule has 1 amide bonds. The summed E-state index contributed by atoms with van der Waals surface area (Å²) in [7, 11) is 0. The maximum Gasteiger partial charge on any atom is 0.253 e. The van der Waals surface area contributed by atoms with Crippen LogP contribution in [-0.4, -0.2) is 15.9 Å². The fourth-order valence-electron chi connectivity index (χ4n) is 1.52. The van der Waals surface area contributed by atoms with Crippen molar-refractivity contribution < 1.29 is 4.79 Å². The Kier molecular flexibility index (Phi) is 4.43. The van der Waals surface area contributed by atoms with E-state index in [0.717, 1.165) is 15.9 Å². The zero-order valence-corrected chi connectivity index (χ0v) is 12.2. The third-order valence-corrected chi connectivity index (χ3v) is 3.75. The van der Waals surface area contributed by atoms with E-state index in [4.69, 9.17) is 0 Å². The van der Waals surface area contributed by atoms with E-state index in [1.807, 2.05) is 12.3 Å². The minimum Gasteiger partial charge on any atom is -0.343 e. The van der Waals surface area contributed by atoms with E-state index in [2.05, 4.69) is 31.2 Å². The topological polar surface area (TPSA) is 54.9 Å². The van der Waals surface area contributed by atoms with Gasteiger partial charge >= 0.3 is 0 Å². The monoisotopic (exact) mass is 325 g/mol. The van der Waals surface area contributed by atoms with Crippen molar-refractivity contribution in [2.45, 2.75) is 19.4 Å². The van der Waals surface area contributed by atoms with Crippen LogP contribution in [0.1, 0.15) is 34.8 Å². The van der Waals surface area contributed by atoms with Crippen molar-refractivity contribution in [2.24, 2.45) is 0 Å². The maximum absolute atomic E-state index is 12.1. The number of carbonyl (C=O) groups is 1. The first-order valence-electron chi connectivity index (χ1n) is 5.51. The van der Waals surface area contributed by atoms with Gasteiger partial charge < -0.3 is 5.32 Å². The molecule has 1 atom stereocenters. The van der Waals surface area contributed by atoms with Crippen molar-refractivity contribution in [1.29, 1.82) is 0 Å². The Labute approximate surface area is 118 Å². The van der Waals surface area contributed by atoms with Crippen molar-refractivity contribution in [3.8, 4) is 0 Å². The molecule has 0 spiro atoms. The van der Waals surface area contributed by atoms with Crippen LogP contribution in [0.2, 0.25) is 0 Å². The molecule has 94 valence electrons. The summed E-state index contributed by atoms with van der Waals surface area (Å²) in [6.45, 7) is 2.02. The molecule has 0 saturated heterocycles. The van der Waals surface area contributed by atoms with E-state index < -0.39 is 0 Å². The third-order valence-electron chi connectivity index (χ3n) is 2.43. The van der Waals surface area contributed by atoms with E-state index >= 15 is 0 Å². The lowest BCUT2D eigenvalue weighted by molar-refractivity contribution is 0.0935. The van der Waals surface area contributed by atoms with Gasteiger partial charge in [-0.2, -0.15) is 0 Å². The number of nitrogens with one attached hydrogen (secondary N) is 1. The van der Waals surface area contributed by atoms with Crippen LogP contribution in [0.15, 0.2) is 34.5 Å². The Bertz CT molecular complexity index is 530. The number of hydrogen-bond donors (Lipinski definition) is 1. The molecule has 6 heteroatoms. The van der Waals surface area contributed by atoms with Gasteiger partial charge in [-0.25, -0.2) is 4.98 Å². The highest BCUT2D eigenvalue weighted by Crippen LogP contribution is 2.19. The van der Waals surface area contributed by atoms with Crippen LogP contribution in [0, 0.1) is 0 Å². The molecule has 0 aliphatic carbocycles. The van der Waals surface area contributed by atoms with Gasteiger partial charge in [0, 0.05) is 28.4 Å². The molecule has 0 fully saturated rings. The highest BCUT2D eigenvalue weighted by Gasteiger charge is 2.16. The molecular formula is C12H12BrN3OS. The van der Waals surface area contributed by atoms with Crippen LogP contribution in [0.3, 0.4) is 0 Å². The zero-order chi connectivity index (χ0) is 13.0. The van der Waals surface area contributed by atoms with Gasteiger partial charge in [-0.3, -0.25) is 9.78 Å². The lowest BCUT2D eigenvalue weighted by Crippen LogP contribution is -2.28. The van der Waals surface area contributed by atoms with Gasteiger partial charge in [0.05, 0.1) is 11.6 Å². The summed E-state index contributed by atoms with van der Waals surface area (Å²) < 4.78 is 0.789. The molecule has 1 N–H and O–H groups in total. The summed E-state index contributed by atoms with van der Waals surface area (Å²) in [6.07, 6.45) is 5.75. The molecule has 0 aliphatic rings. The molecule has 2 aromatic heterocycles. The van der Waals surface area contributed by atoms with Gasteiger partial charge in [0.15, 0.2) is 0 Å². The van der Waals surface area contributed by atoms with Crippen LogP contribution in [0.25, 0.3) is 0 Å². The first-order valence-corrected chi connectivity index (χ1v) is 7.18. The van der Waals surface area contributed by atoms with Crippen molar-refractivity contribution in [2.75, 3.05) is 0 Å². The Morgan fingerprint density at radius 3 is 3.00 bits per heavy atom. The van der Waals surface area contributed by atoms with E-state index in [1.165, 1.54) is 0 Å². The second-order valence-corrected chi connectivity index (χ2v) is 5.54. The molecule has 0 aliphatic heterocycles. The molecular weight excluding hydrogens is 314 g/mol. The number of aromatic nitrogens is 2. The average molecular weight is 326 g/mol. The van der Waals surface area contributed by atoms with Gasteiger partial charge in [-0.05, 0) is 28.4 Å². The van der Waals surface area contributed by atoms with Crippen molar-refractivity contribution in [3.63, 3.8) is 0 Å². The van der Waals surface area contributed by atoms with Crippen LogP contribution >= 0.6 is 27.3 Å². The van der Waals surface area contributed by atoms with Crippen molar-refractivity contribution in [1.82, 2.24) is 15.3 Å². The molecule has 0 bridgehead atoms. The summed E-state index contributed by atoms with van der Waals surface area (Å²) >= 11 is 4.84. The summed E-state index contributed by atoms with van der Waals surface area (Å²) in [5.74, 6) is -0.133. The molecule has 2 heterocycles. The Balaban J connectivity index is 2.11. The van der Waals surface area contributed by atoms with Gasteiger partial charge in [-0.15, -0.1) is 11.3 Å². The van der Waals surface area contributed by atoms with E-state index in [-0.39, 0.29) is 11.9 Å². The number of nitrogens with zero attached hydrogens (tertiary/aromatic N) is 2. The smallest absolute Gasteiger partial charge is 0.253 e. The Morgan fingerprint density at radius 2 is 2.39 bits per heavy atom. The largest absolute Gasteiger partial charge is 0.343 e. The summed E-state index contributed by atoms with van der Waals surface area (Å²) in [5.41, 5.74) is 0.541. The van der Waals surface area contributed by atoms with Crippen LogP contribution in [-0.2, 0) is 0 Å². The van der Waals surface area contributed by atoms with Crippen LogP contribution in [0.5, 0.6) is 0 Å². The Hall–Kier alpha value is -1.27. The summed E-state index contributed by atoms with van der Waals surface area (Å²) in [6, 6.07) is 1.70. The second kappa shape index (κ2) is 6.06. The van der Waals surface area contributed by atoms with Gasteiger partial charge in [0.2, 0.25) is 0 Å². The molecule has 0 radical (unpaired) electrons. The fourth-order valence-corrected chi connectivity index (χ4v) is 2.66. The molecule has 2 aromatic rings. The molecule has 0 saturated carbocycles. The summed E-state index contributed by atoms with van der Waals surface area (Å²) in [4.78, 5) is 20.3. The van der Waals surface area contributed by atoms with E-state index in [0.29, 0.717) is 5.56 Å². The highest BCUT2D eigenvalue weighted by atomic mass is 79.9. The van der Waals surface area contributed by atoms with Gasteiger partial charge in [-0.1, -0.05) is 6.92 Å². The average Bonchev–Trinajstić information content (AvgIpc) is 2.89. The zero-order valence-electron chi connectivity index (χ0n) is 9.76. The van der Waals surface area contributed by atoms with E-state index in [9.17, 15) is 4.79 Å². The molecule has 2 rings (SSSR count). The lowest BCUT2D eigenvalue weighted by Gasteiger charge is -2.14. The number of halogens is 1. The van der Waals surface area contributed by atoms with Crippen molar-refractivity contribution in [3.05, 3.63) is 45.1 Å². The normalized spacial score (nSPS) is 12.1. The number of carbonyl (C=O) groups excluding carboxylic acids is 1. The van der Waals surface area contributed by atoms with E-state index in [1.54, 1.807) is 36.0 Å². The van der Waals surface area contributed by atoms with Crippen LogP contribution < -0.4 is 5.32 Å². The molecule has 4 nitrogen and oxygen atoms in total. The minimum absolute atomic E-state index is 0.0449. The van der Waals surface area contributed by atoms with Gasteiger partial charge in [0.25, 0.3) is 5.91 Å². The molecule has 18 heavy (non-hydrogen) atoms. The fraction of sp³-hybridized carbons (Fsp3) is 0.250. The number of pyridine rings is 1. The highest BCUT2D eigenvalue weighted by molar-refractivity contribution is 9.10.